The first-order valence-electron chi connectivity index (χ1n) is 36.6. The quantitative estimate of drug-likeness (QED) is 0.0310. The third kappa shape index (κ3) is 22.8. The predicted molar refractivity (Wildman–Crippen MR) is 402 cm³/mol. The number of carbonyl (C=O) groups is 2. The molecule has 6 atom stereocenters. The van der Waals surface area contributed by atoms with E-state index in [0.29, 0.717) is 67.1 Å². The number of carbonyl (C=O) groups excluding carboxylic acids is 2. The third-order valence-electron chi connectivity index (χ3n) is 19.7. The van der Waals surface area contributed by atoms with Gasteiger partial charge in [0.1, 0.15) is 40.5 Å². The number of phenolic OH excluding ortho intramolecular Hbond substituents is 3. The lowest BCUT2D eigenvalue weighted by Crippen LogP contribution is -2.57. The van der Waals surface area contributed by atoms with Crippen LogP contribution in [0.5, 0.6) is 17.2 Å². The average Bonchev–Trinajstić information content (AvgIpc) is 0.874. The summed E-state index contributed by atoms with van der Waals surface area (Å²) in [7, 11) is 0. The third-order valence-corrected chi connectivity index (χ3v) is 19.7. The number of ketones is 2. The molecule has 9 aromatic rings. The van der Waals surface area contributed by atoms with Gasteiger partial charge in [0.05, 0.1) is 41.1 Å². The normalized spacial score (nSPS) is 19.2. The number of halogens is 3. The molecule has 3 fully saturated rings. The van der Waals surface area contributed by atoms with Gasteiger partial charge in [-0.25, -0.2) is 29.9 Å². The monoisotopic (exact) mass is 1440 g/mol. The lowest BCUT2D eigenvalue weighted by atomic mass is 10.0. The fraction of sp³-hybridized carbons (Fsp3) is 0.390. The zero-order valence-corrected chi connectivity index (χ0v) is 60.8. The van der Waals surface area contributed by atoms with Crippen LogP contribution in [0.2, 0.25) is 0 Å². The first kappa shape index (κ1) is 77.2. The van der Waals surface area contributed by atoms with E-state index in [1.807, 2.05) is 67.0 Å². The van der Waals surface area contributed by atoms with Crippen molar-refractivity contribution in [3.8, 4) is 51.0 Å². The van der Waals surface area contributed by atoms with Crippen molar-refractivity contribution >= 4 is 11.6 Å². The van der Waals surface area contributed by atoms with Gasteiger partial charge in [0.25, 0.3) is 0 Å². The van der Waals surface area contributed by atoms with Gasteiger partial charge in [-0.1, -0.05) is 84.9 Å². The van der Waals surface area contributed by atoms with E-state index in [-0.39, 0.29) is 35.8 Å². The smallest absolute Gasteiger partial charge is 0.419 e. The van der Waals surface area contributed by atoms with Crippen molar-refractivity contribution in [1.82, 2.24) is 60.6 Å². The molecule has 0 aliphatic carbocycles. The Morgan fingerprint density at radius 3 is 1.29 bits per heavy atom. The summed E-state index contributed by atoms with van der Waals surface area (Å²) < 4.78 is 39.1. The average molecular weight is 1440 g/mol. The molecular weight excluding hydrogens is 1350 g/mol. The number of benzene rings is 6. The maximum absolute atomic E-state index is 13.0. The second-order valence-corrected chi connectivity index (χ2v) is 28.2. The molecule has 0 amide bonds. The number of piperazine rings is 3. The van der Waals surface area contributed by atoms with Gasteiger partial charge in [-0.05, 0) is 190 Å². The number of aryl methyl sites for hydroxylation is 6. The molecular formula is C82H95F3N16O5. The summed E-state index contributed by atoms with van der Waals surface area (Å²) >= 11 is 0. The van der Waals surface area contributed by atoms with Gasteiger partial charge in [-0.3, -0.25) is 24.3 Å². The number of Topliss-reactive ketones (excluding diaryl/α,β-unsaturated/α-hetero) is 2. The Balaban J connectivity index is 0.000000159. The van der Waals surface area contributed by atoms with Gasteiger partial charge in [-0.15, -0.1) is 10.2 Å². The Labute approximate surface area is 618 Å². The van der Waals surface area contributed by atoms with E-state index in [1.165, 1.54) is 33.9 Å². The van der Waals surface area contributed by atoms with Crippen LogP contribution >= 0.6 is 0 Å². The van der Waals surface area contributed by atoms with E-state index in [1.54, 1.807) is 37.4 Å². The number of hydrogen-bond donors (Lipinski definition) is 6. The van der Waals surface area contributed by atoms with Crippen molar-refractivity contribution in [2.45, 2.75) is 167 Å². The molecule has 0 spiro atoms. The van der Waals surface area contributed by atoms with Crippen LogP contribution in [0.4, 0.5) is 13.2 Å². The molecule has 13 rings (SSSR count). The Morgan fingerprint density at radius 1 is 0.462 bits per heavy atom. The predicted octanol–water partition coefficient (Wildman–Crippen LogP) is 13.3. The molecule has 0 unspecified atom stereocenters. The highest BCUT2D eigenvalue weighted by molar-refractivity contribution is 5.85. The van der Waals surface area contributed by atoms with Gasteiger partial charge < -0.3 is 31.3 Å². The van der Waals surface area contributed by atoms with Crippen LogP contribution in [0, 0.1) is 0 Å². The maximum Gasteiger partial charge on any atom is 0.419 e. The summed E-state index contributed by atoms with van der Waals surface area (Å²) in [6.07, 6.45) is 7.43. The fourth-order valence-electron chi connectivity index (χ4n) is 13.6. The van der Waals surface area contributed by atoms with Crippen molar-refractivity contribution in [3.63, 3.8) is 0 Å². The van der Waals surface area contributed by atoms with Crippen molar-refractivity contribution < 1.29 is 38.1 Å². The van der Waals surface area contributed by atoms with Crippen molar-refractivity contribution in [1.29, 1.82) is 0 Å². The molecule has 24 heteroatoms. The highest BCUT2D eigenvalue weighted by Gasteiger charge is 2.35. The van der Waals surface area contributed by atoms with E-state index in [2.05, 4.69) is 155 Å². The fourth-order valence-corrected chi connectivity index (χ4v) is 13.6. The first-order chi connectivity index (χ1) is 51.2. The summed E-state index contributed by atoms with van der Waals surface area (Å²) in [6, 6.07) is 50.7. The van der Waals surface area contributed by atoms with Crippen LogP contribution in [0.25, 0.3) is 33.8 Å². The summed E-state index contributed by atoms with van der Waals surface area (Å²) in [6.45, 7) is 17.8. The van der Waals surface area contributed by atoms with E-state index in [0.717, 1.165) is 148 Å². The molecule has 4 aliphatic rings. The van der Waals surface area contributed by atoms with Crippen molar-refractivity contribution in [3.05, 3.63) is 233 Å². The highest BCUT2D eigenvalue weighted by Crippen LogP contribution is 2.37. The standard InChI is InChI=1S/C28H32N8O2.C27H31F3N4O.C27H32N4O2/c1-19-16-30-25(26(38)15-28-32-34-35-33-28)18-36(19)17-21-5-2-6-22(14-21)24-12-13-29-27(31-24)7-3-4-20-8-10-23(37)11-9-20;1-18-16-34(19(2)15-32-18)17-21-6-3-7-22(13-21)24-11-12-31-26(33-24)8-4-5-20-9-10-25(35)23(14-20)27(28,29)30;1-19-16-29-26(20(2)32)18-31(19)17-22-6-3-7-23(15-22)25-13-14-28-27(30-25)8-4-5-21-9-11-24(33)12-10-21/h2,5-6,8-14,19,25,28,30,37H,3-4,7,15-18H2,1H3;3,6-7,9-14,18-19,32,35H,4-5,8,15-17H2,1-2H3;3,6-7,9-15,19,26,29,33H,4-5,8,16-18H2,1-2H3/t19-,25-;18-,19-;19-,26+/m000/s1. The molecule has 554 valence electrons. The number of phenols is 3. The molecule has 3 aromatic heterocycles. The van der Waals surface area contributed by atoms with Crippen molar-refractivity contribution in [2.24, 2.45) is 20.7 Å². The van der Waals surface area contributed by atoms with Gasteiger partial charge in [-0.2, -0.15) is 13.2 Å². The molecule has 4 aliphatic heterocycles. The summed E-state index contributed by atoms with van der Waals surface area (Å²) in [5, 5.41) is 53.3. The molecule has 0 radical (unpaired) electrons. The maximum atomic E-state index is 13.0. The minimum Gasteiger partial charge on any atom is -0.508 e. The lowest BCUT2D eigenvalue weighted by molar-refractivity contribution is -0.138. The van der Waals surface area contributed by atoms with E-state index < -0.39 is 23.7 Å². The molecule has 6 N–H and O–H groups in total. The van der Waals surface area contributed by atoms with Crippen LogP contribution in [-0.4, -0.2) is 153 Å². The van der Waals surface area contributed by atoms with E-state index in [9.17, 15) is 38.1 Å². The van der Waals surface area contributed by atoms with Crippen LogP contribution < -0.4 is 16.0 Å². The van der Waals surface area contributed by atoms with Gasteiger partial charge in [0, 0.05) is 138 Å². The number of hydrogen-bond acceptors (Lipinski definition) is 21. The Hall–Kier alpha value is -9.95. The number of aromatic hydroxyl groups is 3. The number of aromatic nitrogens is 6. The first-order valence-corrected chi connectivity index (χ1v) is 36.6. The van der Waals surface area contributed by atoms with Crippen LogP contribution in [-0.2, 0) is 73.9 Å². The zero-order valence-electron chi connectivity index (χ0n) is 60.8. The summed E-state index contributed by atoms with van der Waals surface area (Å²) in [4.78, 5) is 59.4. The second kappa shape index (κ2) is 37.3. The number of rotatable bonds is 25. The molecule has 0 saturated carbocycles. The van der Waals surface area contributed by atoms with Gasteiger partial charge in [0.15, 0.2) is 11.9 Å². The van der Waals surface area contributed by atoms with E-state index >= 15 is 0 Å². The van der Waals surface area contributed by atoms with E-state index in [4.69, 9.17) is 15.0 Å². The Kier molecular flexibility index (Phi) is 27.2. The molecule has 106 heavy (non-hydrogen) atoms. The second-order valence-electron chi connectivity index (χ2n) is 28.2. The molecule has 7 heterocycles. The molecule has 3 saturated heterocycles. The SMILES string of the molecule is CC(=O)[C@H]1CN(Cc2cccc(-c3ccnc(CCCc4ccc(O)cc4)n3)c2)[C@@H](C)CN1.C[C@H]1CN(Cc2cccc(-c3ccnc(CCCc4ccc(O)c(C(F)(F)F)c4)n3)c2)[C@@H](C)CN1.C[C@H]1CN[C@H](C(=O)CC2N=NN=N2)CN1Cc1cccc(-c2ccnc(CCCc3ccc(O)cc3)n2)c1. The van der Waals surface area contributed by atoms with Gasteiger partial charge >= 0.3 is 6.18 Å². The number of nitrogens with zero attached hydrogens (tertiary/aromatic N) is 13. The summed E-state index contributed by atoms with van der Waals surface area (Å²) in [5.74, 6) is 2.43. The topological polar surface area (TPSA) is 267 Å². The number of nitrogens with one attached hydrogen (secondary N) is 3. The van der Waals surface area contributed by atoms with Gasteiger partial charge in [0.2, 0.25) is 0 Å². The van der Waals surface area contributed by atoms with Crippen LogP contribution in [0.15, 0.2) is 197 Å². The largest absolute Gasteiger partial charge is 0.508 e. The van der Waals surface area contributed by atoms with Crippen molar-refractivity contribution in [2.75, 3.05) is 39.3 Å². The lowest BCUT2D eigenvalue weighted by Gasteiger charge is -2.38. The minimum absolute atomic E-state index is 0.0828. The highest BCUT2D eigenvalue weighted by atomic mass is 19.4. The molecule has 6 aromatic carbocycles. The van der Waals surface area contributed by atoms with Crippen LogP contribution in [0.3, 0.4) is 0 Å². The minimum atomic E-state index is -4.58. The molecule has 21 nitrogen and oxygen atoms in total. The van der Waals surface area contributed by atoms with Crippen LogP contribution in [0.1, 0.15) is 117 Å². The zero-order chi connectivity index (χ0) is 74.5. The number of alkyl halides is 3. The summed E-state index contributed by atoms with van der Waals surface area (Å²) in [5.41, 5.74) is 11.4. The Morgan fingerprint density at radius 2 is 0.858 bits per heavy atom. The Bertz CT molecular complexity index is 4420. The molecule has 0 bridgehead atoms.